The maximum Gasteiger partial charge on any atom is 0.339 e. The Morgan fingerprint density at radius 2 is 2.17 bits per heavy atom. The molecule has 2 heterocycles. The lowest BCUT2D eigenvalue weighted by Crippen LogP contribution is -2.24. The molecule has 0 radical (unpaired) electrons. The van der Waals surface area contributed by atoms with Gasteiger partial charge in [0.05, 0.1) is 19.2 Å². The number of thiophene rings is 1. The molecule has 0 amide bonds. The number of nitrogens with zero attached hydrogens (tertiary/aromatic N) is 2. The molecule has 0 aliphatic heterocycles. The summed E-state index contributed by atoms with van der Waals surface area (Å²) >= 11 is 1.59. The average Bonchev–Trinajstić information content (AvgIpc) is 2.99. The van der Waals surface area contributed by atoms with Gasteiger partial charge in [0, 0.05) is 10.9 Å². The molecule has 0 fully saturated rings. The first kappa shape index (κ1) is 15.0. The maximum atomic E-state index is 12.3. The van der Waals surface area contributed by atoms with E-state index in [1.54, 1.807) is 11.3 Å². The summed E-state index contributed by atoms with van der Waals surface area (Å²) in [5.74, 6) is -0.578. The topological polar surface area (TPSA) is 72.1 Å². The summed E-state index contributed by atoms with van der Waals surface area (Å²) < 4.78 is 7.17. The molecule has 0 aliphatic carbocycles. The number of pyridine rings is 1. The molecule has 0 aliphatic rings. The van der Waals surface area contributed by atoms with E-state index in [1.165, 1.54) is 23.9 Å². The van der Waals surface area contributed by atoms with Crippen LogP contribution in [0.4, 0.5) is 0 Å². The van der Waals surface area contributed by atoms with Crippen LogP contribution in [0.2, 0.25) is 0 Å². The molecular weight excluding hydrogens is 312 g/mol. The highest BCUT2D eigenvalue weighted by Gasteiger charge is 2.14. The second-order valence-corrected chi connectivity index (χ2v) is 5.85. The van der Waals surface area contributed by atoms with Gasteiger partial charge in [-0.1, -0.05) is 18.2 Å². The summed E-state index contributed by atoms with van der Waals surface area (Å²) in [4.78, 5) is 24.0. The number of esters is 1. The van der Waals surface area contributed by atoms with E-state index in [4.69, 9.17) is 5.26 Å². The zero-order valence-electron chi connectivity index (χ0n) is 12.3. The van der Waals surface area contributed by atoms with Gasteiger partial charge in [-0.15, -0.1) is 11.3 Å². The van der Waals surface area contributed by atoms with E-state index in [-0.39, 0.29) is 11.1 Å². The van der Waals surface area contributed by atoms with Gasteiger partial charge in [-0.2, -0.15) is 5.26 Å². The van der Waals surface area contributed by atoms with Crippen molar-refractivity contribution in [2.24, 2.45) is 0 Å². The number of methoxy groups -OCH3 is 1. The third-order valence-electron chi connectivity index (χ3n) is 3.53. The van der Waals surface area contributed by atoms with Crippen molar-refractivity contribution in [1.82, 2.24) is 4.57 Å². The van der Waals surface area contributed by atoms with Crippen LogP contribution >= 0.6 is 11.3 Å². The van der Waals surface area contributed by atoms with Crippen LogP contribution in [0, 0.1) is 11.3 Å². The number of carbonyl (C=O) groups excluding carboxylic acids is 1. The Morgan fingerprint density at radius 1 is 1.39 bits per heavy atom. The summed E-state index contributed by atoms with van der Waals surface area (Å²) in [7, 11) is 1.26. The molecule has 3 rings (SSSR count). The van der Waals surface area contributed by atoms with Gasteiger partial charge >= 0.3 is 5.97 Å². The minimum absolute atomic E-state index is 0.0764. The minimum Gasteiger partial charge on any atom is -0.465 e. The molecule has 0 bridgehead atoms. The van der Waals surface area contributed by atoms with E-state index in [0.29, 0.717) is 6.54 Å². The lowest BCUT2D eigenvalue weighted by Gasteiger charge is -2.08. The van der Waals surface area contributed by atoms with E-state index in [0.717, 1.165) is 15.6 Å². The molecular formula is C17H12N2O3S. The first-order valence-electron chi connectivity index (χ1n) is 6.82. The number of nitriles is 1. The van der Waals surface area contributed by atoms with Crippen LogP contribution in [0.25, 0.3) is 10.1 Å². The van der Waals surface area contributed by atoms with E-state index in [1.807, 2.05) is 35.7 Å². The van der Waals surface area contributed by atoms with Crippen LogP contribution in [0.1, 0.15) is 21.5 Å². The predicted octanol–water partition coefficient (Wildman–Crippen LogP) is 2.77. The number of ether oxygens (including phenoxy) is 1. The van der Waals surface area contributed by atoms with E-state index in [9.17, 15) is 9.59 Å². The van der Waals surface area contributed by atoms with Crippen LogP contribution in [0.5, 0.6) is 0 Å². The quantitative estimate of drug-likeness (QED) is 0.695. The molecule has 0 spiro atoms. The van der Waals surface area contributed by atoms with Crippen molar-refractivity contribution in [2.75, 3.05) is 7.11 Å². The largest absolute Gasteiger partial charge is 0.465 e. The number of fused-ring (bicyclic) bond motifs is 1. The fourth-order valence-corrected chi connectivity index (χ4v) is 3.36. The zero-order valence-corrected chi connectivity index (χ0v) is 13.1. The number of rotatable bonds is 3. The second kappa shape index (κ2) is 6.07. The third kappa shape index (κ3) is 2.74. The number of hydrogen-bond donors (Lipinski definition) is 0. The fraction of sp³-hybridized carbons (Fsp3) is 0.118. The van der Waals surface area contributed by atoms with Crippen LogP contribution in [0.15, 0.2) is 46.7 Å². The van der Waals surface area contributed by atoms with Crippen molar-refractivity contribution in [2.45, 2.75) is 6.54 Å². The van der Waals surface area contributed by atoms with Gasteiger partial charge < -0.3 is 9.30 Å². The number of benzene rings is 1. The van der Waals surface area contributed by atoms with Crippen LogP contribution in [-0.2, 0) is 11.3 Å². The zero-order chi connectivity index (χ0) is 16.4. The SMILES string of the molecule is COC(=O)c1cc(C#N)c(=O)n(Cc2csc3ccccc23)c1. The van der Waals surface area contributed by atoms with Crippen LogP contribution in [-0.4, -0.2) is 17.6 Å². The van der Waals surface area contributed by atoms with Crippen LogP contribution in [0.3, 0.4) is 0 Å². The molecule has 0 saturated carbocycles. The van der Waals surface area contributed by atoms with Gasteiger partial charge in [-0.25, -0.2) is 4.79 Å². The van der Waals surface area contributed by atoms with Crippen molar-refractivity contribution in [3.05, 3.63) is 69.0 Å². The maximum absolute atomic E-state index is 12.3. The van der Waals surface area contributed by atoms with Crippen molar-refractivity contribution >= 4 is 27.4 Å². The Hall–Kier alpha value is -2.91. The first-order chi connectivity index (χ1) is 11.1. The molecule has 0 atom stereocenters. The summed E-state index contributed by atoms with van der Waals surface area (Å²) in [5.41, 5.74) is 0.657. The third-order valence-corrected chi connectivity index (χ3v) is 4.54. The van der Waals surface area contributed by atoms with Crippen molar-refractivity contribution < 1.29 is 9.53 Å². The van der Waals surface area contributed by atoms with Crippen molar-refractivity contribution in [1.29, 1.82) is 5.26 Å². The number of carbonyl (C=O) groups is 1. The lowest BCUT2D eigenvalue weighted by molar-refractivity contribution is 0.0599. The molecule has 6 heteroatoms. The fourth-order valence-electron chi connectivity index (χ4n) is 2.40. The number of aromatic nitrogens is 1. The van der Waals surface area contributed by atoms with Gasteiger partial charge in [-0.05, 0) is 28.5 Å². The monoisotopic (exact) mass is 324 g/mol. The highest BCUT2D eigenvalue weighted by molar-refractivity contribution is 7.17. The van der Waals surface area contributed by atoms with E-state index in [2.05, 4.69) is 4.74 Å². The Balaban J connectivity index is 2.11. The van der Waals surface area contributed by atoms with Gasteiger partial charge in [0.2, 0.25) is 0 Å². The summed E-state index contributed by atoms with van der Waals surface area (Å²) in [6, 6.07) is 11.0. The van der Waals surface area contributed by atoms with Crippen LogP contribution < -0.4 is 5.56 Å². The van der Waals surface area contributed by atoms with Crippen molar-refractivity contribution in [3.63, 3.8) is 0 Å². The van der Waals surface area contributed by atoms with E-state index < -0.39 is 11.5 Å². The van der Waals surface area contributed by atoms with Gasteiger partial charge in [0.1, 0.15) is 11.6 Å². The Labute approximate surface area is 136 Å². The number of hydrogen-bond acceptors (Lipinski definition) is 5. The molecule has 2 aromatic heterocycles. The highest BCUT2D eigenvalue weighted by Crippen LogP contribution is 2.26. The highest BCUT2D eigenvalue weighted by atomic mass is 32.1. The van der Waals surface area contributed by atoms with E-state index >= 15 is 0 Å². The molecule has 0 saturated heterocycles. The Morgan fingerprint density at radius 3 is 2.91 bits per heavy atom. The first-order valence-corrected chi connectivity index (χ1v) is 7.70. The predicted molar refractivity (Wildman–Crippen MR) is 87.7 cm³/mol. The Bertz CT molecular complexity index is 995. The summed E-state index contributed by atoms with van der Waals surface area (Å²) in [6.45, 7) is 0.294. The minimum atomic E-state index is -0.578. The van der Waals surface area contributed by atoms with Gasteiger partial charge in [0.15, 0.2) is 0 Å². The van der Waals surface area contributed by atoms with Gasteiger partial charge in [-0.3, -0.25) is 4.79 Å². The molecule has 0 unspecified atom stereocenters. The smallest absolute Gasteiger partial charge is 0.339 e. The summed E-state index contributed by atoms with van der Waals surface area (Å²) in [5, 5.41) is 12.1. The Kier molecular flexibility index (Phi) is 3.96. The average molecular weight is 324 g/mol. The summed E-state index contributed by atoms with van der Waals surface area (Å²) in [6.07, 6.45) is 1.43. The second-order valence-electron chi connectivity index (χ2n) is 4.94. The lowest BCUT2D eigenvalue weighted by atomic mass is 10.1. The van der Waals surface area contributed by atoms with Gasteiger partial charge in [0.25, 0.3) is 5.56 Å². The molecule has 0 N–H and O–H groups in total. The molecule has 3 aromatic rings. The molecule has 1 aromatic carbocycles. The standard InChI is InChI=1S/C17H12N2O3S/c1-22-17(21)12-6-11(7-18)16(20)19(8-12)9-13-10-23-15-5-3-2-4-14(13)15/h2-6,8,10H,9H2,1H3. The van der Waals surface area contributed by atoms with Crippen molar-refractivity contribution in [3.8, 4) is 6.07 Å². The molecule has 114 valence electrons. The molecule has 5 nitrogen and oxygen atoms in total. The molecule has 23 heavy (non-hydrogen) atoms. The normalized spacial score (nSPS) is 10.4.